The minimum atomic E-state index is -0.542. The van der Waals surface area contributed by atoms with Gasteiger partial charge in [-0.25, -0.2) is 4.79 Å². The molecular weight excluding hydrogens is 426 g/mol. The summed E-state index contributed by atoms with van der Waals surface area (Å²) >= 11 is 5.95. The highest BCUT2D eigenvalue weighted by molar-refractivity contribution is 6.30. The monoisotopic (exact) mass is 447 g/mol. The van der Waals surface area contributed by atoms with Gasteiger partial charge in [-0.1, -0.05) is 48.0 Å². The SMILES string of the molecule is Cc1cccc(NC(=O)Cn2c(=O)n(Cc3ccc(Cl)cc3)c(=O)c3ccccc32)c1C. The molecule has 6 nitrogen and oxygen atoms in total. The van der Waals surface area contributed by atoms with Gasteiger partial charge in [0.05, 0.1) is 17.4 Å². The zero-order valence-electron chi connectivity index (χ0n) is 17.8. The summed E-state index contributed by atoms with van der Waals surface area (Å²) in [7, 11) is 0. The summed E-state index contributed by atoms with van der Waals surface area (Å²) in [5, 5.41) is 3.83. The number of anilines is 1. The summed E-state index contributed by atoms with van der Waals surface area (Å²) in [4.78, 5) is 39.2. The third kappa shape index (κ3) is 4.22. The van der Waals surface area contributed by atoms with Gasteiger partial charge >= 0.3 is 5.69 Å². The van der Waals surface area contributed by atoms with Crippen molar-refractivity contribution < 1.29 is 4.79 Å². The molecule has 4 rings (SSSR count). The summed E-state index contributed by atoms with van der Waals surface area (Å²) in [5.41, 5.74) is 2.96. The Bertz CT molecular complexity index is 1440. The Balaban J connectivity index is 1.75. The van der Waals surface area contributed by atoms with Crippen LogP contribution in [0.25, 0.3) is 10.9 Å². The summed E-state index contributed by atoms with van der Waals surface area (Å²) in [5.74, 6) is -0.345. The van der Waals surface area contributed by atoms with Crippen molar-refractivity contribution in [1.29, 1.82) is 0 Å². The van der Waals surface area contributed by atoms with Crippen molar-refractivity contribution in [2.75, 3.05) is 5.32 Å². The van der Waals surface area contributed by atoms with Crippen molar-refractivity contribution in [2.45, 2.75) is 26.9 Å². The zero-order chi connectivity index (χ0) is 22.8. The number of fused-ring (bicyclic) bond motifs is 1. The molecule has 3 aromatic carbocycles. The number of carbonyl (C=O) groups excluding carboxylic acids is 1. The number of aromatic nitrogens is 2. The molecule has 1 N–H and O–H groups in total. The molecule has 0 aliphatic heterocycles. The van der Waals surface area contributed by atoms with E-state index in [2.05, 4.69) is 5.32 Å². The van der Waals surface area contributed by atoms with E-state index in [1.807, 2.05) is 32.0 Å². The Morgan fingerprint density at radius 1 is 0.906 bits per heavy atom. The zero-order valence-corrected chi connectivity index (χ0v) is 18.5. The number of rotatable bonds is 5. The standard InChI is InChI=1S/C25H22ClN3O3/c1-16-6-5-8-21(17(16)2)27-23(30)15-28-22-9-4-3-7-20(22)24(31)29(25(28)32)14-18-10-12-19(26)13-11-18/h3-13H,14-15H2,1-2H3,(H,27,30). The average Bonchev–Trinajstić information content (AvgIpc) is 2.78. The predicted octanol–water partition coefficient (Wildman–Crippen LogP) is 4.12. The highest BCUT2D eigenvalue weighted by Gasteiger charge is 2.16. The van der Waals surface area contributed by atoms with E-state index in [1.54, 1.807) is 48.5 Å². The molecule has 0 aliphatic carbocycles. The lowest BCUT2D eigenvalue weighted by Crippen LogP contribution is -2.42. The fourth-order valence-corrected chi connectivity index (χ4v) is 3.78. The predicted molar refractivity (Wildman–Crippen MR) is 128 cm³/mol. The molecule has 0 radical (unpaired) electrons. The van der Waals surface area contributed by atoms with Gasteiger partial charge in [0, 0.05) is 10.7 Å². The average molecular weight is 448 g/mol. The second-order valence-corrected chi connectivity index (χ2v) is 8.14. The maximum Gasteiger partial charge on any atom is 0.332 e. The summed E-state index contributed by atoms with van der Waals surface area (Å²) in [6.07, 6.45) is 0. The maximum absolute atomic E-state index is 13.3. The summed E-state index contributed by atoms with van der Waals surface area (Å²) in [6.45, 7) is 3.76. The number of nitrogens with zero attached hydrogens (tertiary/aromatic N) is 2. The number of hydrogen-bond donors (Lipinski definition) is 1. The highest BCUT2D eigenvalue weighted by atomic mass is 35.5. The van der Waals surface area contributed by atoms with E-state index in [4.69, 9.17) is 11.6 Å². The van der Waals surface area contributed by atoms with Crippen molar-refractivity contribution in [3.05, 3.63) is 109 Å². The Kier molecular flexibility index (Phi) is 5.97. The molecule has 0 aliphatic rings. The van der Waals surface area contributed by atoms with E-state index >= 15 is 0 Å². The van der Waals surface area contributed by atoms with E-state index in [1.165, 1.54) is 4.57 Å². The van der Waals surface area contributed by atoms with Crippen molar-refractivity contribution in [3.63, 3.8) is 0 Å². The van der Waals surface area contributed by atoms with Crippen molar-refractivity contribution >= 4 is 34.1 Å². The number of amides is 1. The van der Waals surface area contributed by atoms with Gasteiger partial charge in [-0.3, -0.25) is 18.7 Å². The fraction of sp³-hybridized carbons (Fsp3) is 0.160. The molecule has 0 unspecified atom stereocenters. The molecule has 1 heterocycles. The van der Waals surface area contributed by atoms with Gasteiger partial charge in [0.25, 0.3) is 5.56 Å². The van der Waals surface area contributed by atoms with Crippen molar-refractivity contribution in [2.24, 2.45) is 0 Å². The Morgan fingerprint density at radius 3 is 2.38 bits per heavy atom. The first-order valence-electron chi connectivity index (χ1n) is 10.2. The van der Waals surface area contributed by atoms with Crippen molar-refractivity contribution in [1.82, 2.24) is 9.13 Å². The molecule has 1 amide bonds. The minimum Gasteiger partial charge on any atom is -0.324 e. The highest BCUT2D eigenvalue weighted by Crippen LogP contribution is 2.18. The molecule has 0 atom stereocenters. The molecule has 4 aromatic rings. The van der Waals surface area contributed by atoms with Crippen LogP contribution in [0.4, 0.5) is 5.69 Å². The number of benzene rings is 3. The van der Waals surface area contributed by atoms with Crippen LogP contribution in [0.15, 0.2) is 76.3 Å². The van der Waals surface area contributed by atoms with E-state index in [-0.39, 0.29) is 19.0 Å². The minimum absolute atomic E-state index is 0.0816. The van der Waals surface area contributed by atoms with Crippen LogP contribution in [0.2, 0.25) is 5.02 Å². The van der Waals surface area contributed by atoms with E-state index in [9.17, 15) is 14.4 Å². The van der Waals surface area contributed by atoms with Gasteiger partial charge in [0.2, 0.25) is 5.91 Å². The maximum atomic E-state index is 13.3. The lowest BCUT2D eigenvalue weighted by atomic mass is 10.1. The van der Waals surface area contributed by atoms with Gasteiger partial charge in [-0.05, 0) is 60.9 Å². The Labute approximate surface area is 189 Å². The third-order valence-electron chi connectivity index (χ3n) is 5.57. The first kappa shape index (κ1) is 21.6. The van der Waals surface area contributed by atoms with Gasteiger partial charge in [0.1, 0.15) is 6.54 Å². The van der Waals surface area contributed by atoms with Crippen LogP contribution in [0.3, 0.4) is 0 Å². The molecule has 0 fully saturated rings. The van der Waals surface area contributed by atoms with Crippen LogP contribution in [-0.2, 0) is 17.9 Å². The summed E-state index contributed by atoms with van der Waals surface area (Å²) in [6, 6.07) is 19.4. The Morgan fingerprint density at radius 2 is 1.62 bits per heavy atom. The molecule has 0 bridgehead atoms. The van der Waals surface area contributed by atoms with Crippen molar-refractivity contribution in [3.8, 4) is 0 Å². The van der Waals surface area contributed by atoms with Crippen LogP contribution in [0.1, 0.15) is 16.7 Å². The Hall–Kier alpha value is -3.64. The number of carbonyl (C=O) groups is 1. The van der Waals surface area contributed by atoms with Gasteiger partial charge < -0.3 is 5.32 Å². The largest absolute Gasteiger partial charge is 0.332 e. The fourth-order valence-electron chi connectivity index (χ4n) is 3.66. The van der Waals surface area contributed by atoms with E-state index in [0.717, 1.165) is 21.3 Å². The number of para-hydroxylation sites is 1. The lowest BCUT2D eigenvalue weighted by Gasteiger charge is -2.15. The first-order chi connectivity index (χ1) is 15.3. The molecular formula is C25H22ClN3O3. The van der Waals surface area contributed by atoms with E-state index in [0.29, 0.717) is 21.6 Å². The third-order valence-corrected chi connectivity index (χ3v) is 5.82. The van der Waals surface area contributed by atoms with Crippen LogP contribution in [0.5, 0.6) is 0 Å². The quantitative estimate of drug-likeness (QED) is 0.500. The van der Waals surface area contributed by atoms with E-state index < -0.39 is 11.2 Å². The van der Waals surface area contributed by atoms with Crippen LogP contribution < -0.4 is 16.6 Å². The second kappa shape index (κ2) is 8.85. The van der Waals surface area contributed by atoms with Gasteiger partial charge in [-0.15, -0.1) is 0 Å². The molecule has 0 saturated heterocycles. The lowest BCUT2D eigenvalue weighted by molar-refractivity contribution is -0.116. The molecule has 0 spiro atoms. The molecule has 162 valence electrons. The van der Waals surface area contributed by atoms with Gasteiger partial charge in [-0.2, -0.15) is 0 Å². The van der Waals surface area contributed by atoms with Crippen LogP contribution in [0, 0.1) is 13.8 Å². The molecule has 32 heavy (non-hydrogen) atoms. The summed E-state index contributed by atoms with van der Waals surface area (Å²) < 4.78 is 2.49. The molecule has 1 aromatic heterocycles. The first-order valence-corrected chi connectivity index (χ1v) is 10.6. The number of halogens is 1. The molecule has 7 heteroatoms. The number of nitrogens with one attached hydrogen (secondary N) is 1. The second-order valence-electron chi connectivity index (χ2n) is 7.70. The number of aryl methyl sites for hydroxylation is 1. The number of hydrogen-bond acceptors (Lipinski definition) is 3. The van der Waals surface area contributed by atoms with Crippen LogP contribution >= 0.6 is 11.6 Å². The normalized spacial score (nSPS) is 11.0. The van der Waals surface area contributed by atoms with Gasteiger partial charge in [0.15, 0.2) is 0 Å². The van der Waals surface area contributed by atoms with Crippen LogP contribution in [-0.4, -0.2) is 15.0 Å². The molecule has 0 saturated carbocycles. The smallest absolute Gasteiger partial charge is 0.324 e. The topological polar surface area (TPSA) is 73.1 Å².